The van der Waals surface area contributed by atoms with Crippen LogP contribution in [0.2, 0.25) is 5.02 Å². The molecule has 4 aromatic rings. The first kappa shape index (κ1) is 21.7. The van der Waals surface area contributed by atoms with Crippen LogP contribution < -0.4 is 0 Å². The van der Waals surface area contributed by atoms with E-state index >= 15 is 0 Å². The van der Waals surface area contributed by atoms with Crippen LogP contribution in [-0.4, -0.2) is 14.6 Å². The van der Waals surface area contributed by atoms with Gasteiger partial charge in [0.05, 0.1) is 16.9 Å². The summed E-state index contributed by atoms with van der Waals surface area (Å²) < 4.78 is 1.87. The molecule has 0 atom stereocenters. The molecule has 0 unspecified atom stereocenters. The lowest BCUT2D eigenvalue weighted by atomic mass is 9.77. The molecule has 2 aromatic carbocycles. The monoisotopic (exact) mass is 463 g/mol. The van der Waals surface area contributed by atoms with Crippen molar-refractivity contribution in [2.75, 3.05) is 0 Å². The van der Waals surface area contributed by atoms with Gasteiger partial charge in [-0.15, -0.1) is 0 Å². The van der Waals surface area contributed by atoms with Gasteiger partial charge in [-0.05, 0) is 49.1 Å². The molecule has 2 heterocycles. The van der Waals surface area contributed by atoms with Crippen molar-refractivity contribution in [1.82, 2.24) is 14.6 Å². The van der Waals surface area contributed by atoms with Crippen molar-refractivity contribution in [3.63, 3.8) is 0 Å². The number of unbranched alkanes of at least 4 members (excludes halogenated alkanes) is 2. The number of rotatable bonds is 7. The standard InChI is InChI=1S/C27H30ClN3S/c1-2-3-4-7-19-10-12-20(13-11-19)21-14-16-22(17-15-21)25-18-31-27(29-25)32-26(30-31)23-8-5-6-9-24(23)28/h5-6,8-9,14-20H,2-4,7,10-13H2,1H3. The summed E-state index contributed by atoms with van der Waals surface area (Å²) in [5, 5.41) is 6.31. The third-order valence-corrected chi connectivity index (χ3v) is 8.17. The first-order valence-corrected chi connectivity index (χ1v) is 13.1. The van der Waals surface area contributed by atoms with Crippen LogP contribution in [0.15, 0.2) is 54.7 Å². The summed E-state index contributed by atoms with van der Waals surface area (Å²) in [6.07, 6.45) is 13.1. The normalized spacial score (nSPS) is 18.9. The highest BCUT2D eigenvalue weighted by molar-refractivity contribution is 7.19. The zero-order valence-electron chi connectivity index (χ0n) is 18.6. The Bertz CT molecular complexity index is 1140. The molecule has 166 valence electrons. The minimum absolute atomic E-state index is 0.718. The summed E-state index contributed by atoms with van der Waals surface area (Å²) in [5.41, 5.74) is 4.57. The van der Waals surface area contributed by atoms with Gasteiger partial charge in [0, 0.05) is 11.1 Å². The molecule has 5 rings (SSSR count). The van der Waals surface area contributed by atoms with Gasteiger partial charge in [0.1, 0.15) is 5.01 Å². The molecule has 0 radical (unpaired) electrons. The van der Waals surface area contributed by atoms with Crippen molar-refractivity contribution >= 4 is 27.9 Å². The predicted molar refractivity (Wildman–Crippen MR) is 136 cm³/mol. The molecule has 0 saturated heterocycles. The van der Waals surface area contributed by atoms with E-state index in [0.29, 0.717) is 0 Å². The van der Waals surface area contributed by atoms with Crippen LogP contribution in [0.3, 0.4) is 0 Å². The zero-order valence-corrected chi connectivity index (χ0v) is 20.2. The number of aromatic nitrogens is 3. The van der Waals surface area contributed by atoms with Crippen molar-refractivity contribution in [2.45, 2.75) is 64.2 Å². The summed E-state index contributed by atoms with van der Waals surface area (Å²) >= 11 is 7.90. The molecule has 32 heavy (non-hydrogen) atoms. The quantitative estimate of drug-likeness (QED) is 0.257. The molecule has 0 spiro atoms. The van der Waals surface area contributed by atoms with Crippen molar-refractivity contribution in [1.29, 1.82) is 0 Å². The SMILES string of the molecule is CCCCCC1CCC(c2ccc(-c3cn4nc(-c5ccccc5Cl)sc4n3)cc2)CC1. The molecular weight excluding hydrogens is 434 g/mol. The van der Waals surface area contributed by atoms with Crippen molar-refractivity contribution in [3.8, 4) is 21.8 Å². The lowest BCUT2D eigenvalue weighted by Gasteiger charge is -2.29. The van der Waals surface area contributed by atoms with Crippen LogP contribution >= 0.6 is 22.9 Å². The Morgan fingerprint density at radius 1 is 1.00 bits per heavy atom. The van der Waals surface area contributed by atoms with E-state index in [2.05, 4.69) is 31.2 Å². The zero-order chi connectivity index (χ0) is 21.9. The summed E-state index contributed by atoms with van der Waals surface area (Å²) in [4.78, 5) is 5.71. The van der Waals surface area contributed by atoms with Gasteiger partial charge in [0.2, 0.25) is 4.96 Å². The van der Waals surface area contributed by atoms with Crippen LogP contribution in [0, 0.1) is 5.92 Å². The van der Waals surface area contributed by atoms with Gasteiger partial charge in [-0.25, -0.2) is 9.50 Å². The second-order valence-corrected chi connectivity index (χ2v) is 10.4. The van der Waals surface area contributed by atoms with E-state index in [1.807, 2.05) is 35.0 Å². The van der Waals surface area contributed by atoms with E-state index in [9.17, 15) is 0 Å². The van der Waals surface area contributed by atoms with E-state index in [-0.39, 0.29) is 0 Å². The van der Waals surface area contributed by atoms with Crippen LogP contribution in [0.4, 0.5) is 0 Å². The average molecular weight is 464 g/mol. The number of fused-ring (bicyclic) bond motifs is 1. The van der Waals surface area contributed by atoms with Gasteiger partial charge in [-0.2, -0.15) is 5.10 Å². The Morgan fingerprint density at radius 3 is 2.50 bits per heavy atom. The number of benzene rings is 2. The Balaban J connectivity index is 1.25. The summed E-state index contributed by atoms with van der Waals surface area (Å²) in [7, 11) is 0. The largest absolute Gasteiger partial charge is 0.217 e. The molecule has 0 amide bonds. The minimum Gasteiger partial charge on any atom is -0.217 e. The maximum atomic E-state index is 6.33. The van der Waals surface area contributed by atoms with Crippen molar-refractivity contribution in [2.24, 2.45) is 5.92 Å². The van der Waals surface area contributed by atoms with E-state index in [4.69, 9.17) is 21.7 Å². The highest BCUT2D eigenvalue weighted by atomic mass is 35.5. The maximum Gasteiger partial charge on any atom is 0.213 e. The number of nitrogens with zero attached hydrogens (tertiary/aromatic N) is 3. The molecule has 1 saturated carbocycles. The molecule has 3 nitrogen and oxygen atoms in total. The Labute approximate surface area is 199 Å². The average Bonchev–Trinajstić information content (AvgIpc) is 3.40. The minimum atomic E-state index is 0.718. The molecular formula is C27H30ClN3S. The Hall–Kier alpha value is -2.17. The number of hydrogen-bond acceptors (Lipinski definition) is 3. The fourth-order valence-corrected chi connectivity index (χ4v) is 6.18. The summed E-state index contributed by atoms with van der Waals surface area (Å²) in [5.74, 6) is 1.68. The third kappa shape index (κ3) is 4.62. The first-order valence-electron chi connectivity index (χ1n) is 11.9. The summed E-state index contributed by atoms with van der Waals surface area (Å²) in [6.45, 7) is 2.29. The van der Waals surface area contributed by atoms with Gasteiger partial charge < -0.3 is 0 Å². The van der Waals surface area contributed by atoms with E-state index in [1.54, 1.807) is 11.3 Å². The molecule has 0 bridgehead atoms. The molecule has 5 heteroatoms. The second kappa shape index (κ2) is 9.76. The molecule has 2 aromatic heterocycles. The highest BCUT2D eigenvalue weighted by Crippen LogP contribution is 2.38. The molecule has 1 aliphatic carbocycles. The third-order valence-electron chi connectivity index (χ3n) is 6.89. The predicted octanol–water partition coefficient (Wildman–Crippen LogP) is 8.63. The molecule has 0 N–H and O–H groups in total. The van der Waals surface area contributed by atoms with Crippen LogP contribution in [0.1, 0.15) is 69.8 Å². The molecule has 1 aliphatic rings. The number of hydrogen-bond donors (Lipinski definition) is 0. The smallest absolute Gasteiger partial charge is 0.213 e. The van der Waals surface area contributed by atoms with Crippen LogP contribution in [0.25, 0.3) is 26.8 Å². The van der Waals surface area contributed by atoms with E-state index in [0.717, 1.165) is 43.6 Å². The highest BCUT2D eigenvalue weighted by Gasteiger charge is 2.22. The fourth-order valence-electron chi connectivity index (χ4n) is 4.98. The number of imidazole rings is 1. The van der Waals surface area contributed by atoms with E-state index < -0.39 is 0 Å². The Morgan fingerprint density at radius 2 is 1.78 bits per heavy atom. The Kier molecular flexibility index (Phi) is 6.61. The van der Waals surface area contributed by atoms with Gasteiger partial charge in [-0.1, -0.05) is 98.0 Å². The van der Waals surface area contributed by atoms with Crippen molar-refractivity contribution in [3.05, 3.63) is 65.3 Å². The van der Waals surface area contributed by atoms with Crippen molar-refractivity contribution < 1.29 is 0 Å². The van der Waals surface area contributed by atoms with Gasteiger partial charge in [0.25, 0.3) is 0 Å². The van der Waals surface area contributed by atoms with Gasteiger partial charge in [0.15, 0.2) is 0 Å². The maximum absolute atomic E-state index is 6.33. The lowest BCUT2D eigenvalue weighted by Crippen LogP contribution is -2.13. The van der Waals surface area contributed by atoms with Gasteiger partial charge in [-0.3, -0.25) is 0 Å². The first-order chi connectivity index (χ1) is 15.7. The topological polar surface area (TPSA) is 30.2 Å². The van der Waals surface area contributed by atoms with Crippen LogP contribution in [-0.2, 0) is 0 Å². The summed E-state index contributed by atoms with van der Waals surface area (Å²) in [6, 6.07) is 16.9. The van der Waals surface area contributed by atoms with Gasteiger partial charge >= 0.3 is 0 Å². The van der Waals surface area contributed by atoms with E-state index in [1.165, 1.54) is 56.9 Å². The second-order valence-electron chi connectivity index (χ2n) is 9.08. The lowest BCUT2D eigenvalue weighted by molar-refractivity contribution is 0.303. The molecule has 1 fully saturated rings. The number of halogens is 1. The molecule has 0 aliphatic heterocycles. The fraction of sp³-hybridized carbons (Fsp3) is 0.407. The van der Waals surface area contributed by atoms with Crippen LogP contribution in [0.5, 0.6) is 0 Å².